The van der Waals surface area contributed by atoms with E-state index >= 15 is 0 Å². The Hall–Kier alpha value is -4.74. The second kappa shape index (κ2) is 13.3. The standard InChI is InChI=1S/C32H28ClN3O7S/c1-4-24-27(31(38)41-3)28(21-11-7-6-8-12-21)35-30(37)26(44-32(35)34-24)17-20-15-23(33)29(25(16-20)42-5-2)43-18-19-10-9-13-22(14-19)36(39)40/h6-17,28H,4-5,18H2,1-3H3/b26-17-/t28-/m1/s1. The number of carbonyl (C=O) groups excluding carboxylic acids is 1. The number of fused-ring (bicyclic) bond motifs is 1. The molecule has 0 spiro atoms. The Morgan fingerprint density at radius 3 is 2.57 bits per heavy atom. The molecule has 1 atom stereocenters. The topological polar surface area (TPSA) is 122 Å². The fraction of sp³-hybridized carbons (Fsp3) is 0.219. The number of non-ortho nitro benzene ring substituents is 1. The highest BCUT2D eigenvalue weighted by Gasteiger charge is 2.33. The Morgan fingerprint density at radius 1 is 1.11 bits per heavy atom. The van der Waals surface area contributed by atoms with E-state index in [1.54, 1.807) is 30.3 Å². The van der Waals surface area contributed by atoms with Crippen molar-refractivity contribution in [1.82, 2.24) is 4.57 Å². The molecular weight excluding hydrogens is 606 g/mol. The van der Waals surface area contributed by atoms with Crippen LogP contribution in [0, 0.1) is 10.1 Å². The molecule has 226 valence electrons. The van der Waals surface area contributed by atoms with E-state index in [2.05, 4.69) is 4.99 Å². The minimum absolute atomic E-state index is 0.0290. The lowest BCUT2D eigenvalue weighted by molar-refractivity contribution is -0.384. The maximum atomic E-state index is 13.9. The number of nitro groups is 1. The largest absolute Gasteiger partial charge is 0.490 e. The van der Waals surface area contributed by atoms with Crippen molar-refractivity contribution in [2.24, 2.45) is 4.99 Å². The number of nitrogens with zero attached hydrogens (tertiary/aromatic N) is 3. The van der Waals surface area contributed by atoms with Crippen LogP contribution >= 0.6 is 22.9 Å². The molecule has 12 heteroatoms. The fourth-order valence-electron chi connectivity index (χ4n) is 4.96. The first-order valence-electron chi connectivity index (χ1n) is 13.8. The number of ether oxygens (including phenoxy) is 3. The number of benzene rings is 3. The van der Waals surface area contributed by atoms with Crippen LogP contribution in [0.25, 0.3) is 6.08 Å². The molecule has 10 nitrogen and oxygen atoms in total. The molecule has 0 saturated carbocycles. The Morgan fingerprint density at radius 2 is 1.89 bits per heavy atom. The number of halogens is 1. The van der Waals surface area contributed by atoms with Crippen molar-refractivity contribution in [2.45, 2.75) is 32.9 Å². The first-order valence-corrected chi connectivity index (χ1v) is 15.0. The van der Waals surface area contributed by atoms with Gasteiger partial charge in [-0.15, -0.1) is 0 Å². The number of nitro benzene ring substituents is 1. The van der Waals surface area contributed by atoms with Gasteiger partial charge in [0.15, 0.2) is 16.3 Å². The second-order valence-electron chi connectivity index (χ2n) is 9.68. The van der Waals surface area contributed by atoms with Crippen LogP contribution in [-0.4, -0.2) is 29.2 Å². The quantitative estimate of drug-likeness (QED) is 0.131. The minimum atomic E-state index is -0.704. The van der Waals surface area contributed by atoms with Gasteiger partial charge in [0.25, 0.3) is 11.2 Å². The molecule has 44 heavy (non-hydrogen) atoms. The van der Waals surface area contributed by atoms with E-state index in [1.165, 1.54) is 35.1 Å². The number of thiazole rings is 1. The molecule has 0 aliphatic carbocycles. The molecule has 0 amide bonds. The van der Waals surface area contributed by atoms with Gasteiger partial charge in [0, 0.05) is 12.1 Å². The predicted molar refractivity (Wildman–Crippen MR) is 167 cm³/mol. The third-order valence-corrected chi connectivity index (χ3v) is 8.16. The summed E-state index contributed by atoms with van der Waals surface area (Å²) in [6.45, 7) is 4.07. The zero-order valence-electron chi connectivity index (χ0n) is 24.1. The number of esters is 1. The van der Waals surface area contributed by atoms with Gasteiger partial charge in [-0.3, -0.25) is 19.5 Å². The van der Waals surface area contributed by atoms with Gasteiger partial charge < -0.3 is 14.2 Å². The summed E-state index contributed by atoms with van der Waals surface area (Å²) in [7, 11) is 1.31. The Balaban J connectivity index is 1.57. The van der Waals surface area contributed by atoms with Crippen molar-refractivity contribution >= 4 is 40.7 Å². The highest BCUT2D eigenvalue weighted by Crippen LogP contribution is 2.38. The van der Waals surface area contributed by atoms with Crippen LogP contribution in [0.2, 0.25) is 5.02 Å². The van der Waals surface area contributed by atoms with Gasteiger partial charge in [-0.1, -0.05) is 72.3 Å². The summed E-state index contributed by atoms with van der Waals surface area (Å²) >= 11 is 7.85. The molecule has 0 bridgehead atoms. The first kappa shape index (κ1) is 30.7. The minimum Gasteiger partial charge on any atom is -0.490 e. The lowest BCUT2D eigenvalue weighted by Gasteiger charge is -2.25. The van der Waals surface area contributed by atoms with Crippen LogP contribution in [0.5, 0.6) is 11.5 Å². The number of aromatic nitrogens is 1. The number of rotatable bonds is 10. The number of hydrogen-bond acceptors (Lipinski definition) is 9. The van der Waals surface area contributed by atoms with Gasteiger partial charge in [0.1, 0.15) is 6.61 Å². The monoisotopic (exact) mass is 633 g/mol. The van der Waals surface area contributed by atoms with Crippen molar-refractivity contribution < 1.29 is 23.9 Å². The number of hydrogen-bond donors (Lipinski definition) is 0. The van der Waals surface area contributed by atoms with Crippen molar-refractivity contribution in [1.29, 1.82) is 0 Å². The molecule has 0 N–H and O–H groups in total. The molecule has 0 saturated heterocycles. The van der Waals surface area contributed by atoms with Crippen LogP contribution in [0.15, 0.2) is 87.8 Å². The third-order valence-electron chi connectivity index (χ3n) is 6.90. The SMILES string of the molecule is CCOc1cc(/C=c2\sc3n(c2=O)[C@H](c2ccccc2)C(C(=O)OC)=C(CC)N=3)cc(Cl)c1OCc1cccc([N+](=O)[O-])c1. The average molecular weight is 634 g/mol. The molecule has 1 aromatic heterocycles. The van der Waals surface area contributed by atoms with Crippen molar-refractivity contribution in [3.63, 3.8) is 0 Å². The van der Waals surface area contributed by atoms with E-state index in [4.69, 9.17) is 25.8 Å². The van der Waals surface area contributed by atoms with Gasteiger partial charge in [0.05, 0.1) is 45.5 Å². The highest BCUT2D eigenvalue weighted by molar-refractivity contribution is 7.07. The van der Waals surface area contributed by atoms with Crippen molar-refractivity contribution in [2.75, 3.05) is 13.7 Å². The van der Waals surface area contributed by atoms with Gasteiger partial charge in [0.2, 0.25) is 0 Å². The first-order chi connectivity index (χ1) is 21.2. The molecule has 3 aromatic carbocycles. The van der Waals surface area contributed by atoms with E-state index in [1.807, 2.05) is 44.2 Å². The van der Waals surface area contributed by atoms with Gasteiger partial charge in [-0.25, -0.2) is 9.79 Å². The fourth-order valence-corrected chi connectivity index (χ4v) is 6.25. The summed E-state index contributed by atoms with van der Waals surface area (Å²) in [5.41, 5.74) is 2.46. The summed E-state index contributed by atoms with van der Waals surface area (Å²) in [6, 6.07) is 18.1. The Kier molecular flexibility index (Phi) is 9.26. The number of methoxy groups -OCH3 is 1. The molecule has 1 aliphatic rings. The van der Waals surface area contributed by atoms with Gasteiger partial charge >= 0.3 is 5.97 Å². The molecule has 0 fully saturated rings. The normalized spacial score (nSPS) is 14.5. The van der Waals surface area contributed by atoms with Crippen LogP contribution < -0.4 is 24.4 Å². The van der Waals surface area contributed by atoms with Crippen LogP contribution in [0.3, 0.4) is 0 Å². The molecule has 0 radical (unpaired) electrons. The summed E-state index contributed by atoms with van der Waals surface area (Å²) in [5, 5.41) is 11.4. The van der Waals surface area contributed by atoms with Crippen molar-refractivity contribution in [3.05, 3.63) is 130 Å². The van der Waals surface area contributed by atoms with Crippen molar-refractivity contribution in [3.8, 4) is 11.5 Å². The average Bonchev–Trinajstić information content (AvgIpc) is 3.33. The number of allylic oxidation sites excluding steroid dienone is 1. The van der Waals surface area contributed by atoms with E-state index in [0.29, 0.717) is 50.5 Å². The molecule has 4 aromatic rings. The van der Waals surface area contributed by atoms with E-state index in [9.17, 15) is 19.7 Å². The molecule has 2 heterocycles. The summed E-state index contributed by atoms with van der Waals surface area (Å²) in [4.78, 5) is 42.7. The van der Waals surface area contributed by atoms with Gasteiger partial charge in [-0.2, -0.15) is 0 Å². The Labute approximate surface area is 261 Å². The van der Waals surface area contributed by atoms with Crippen LogP contribution in [-0.2, 0) is 16.1 Å². The van der Waals surface area contributed by atoms with E-state index in [-0.39, 0.29) is 28.6 Å². The highest BCUT2D eigenvalue weighted by atomic mass is 35.5. The summed E-state index contributed by atoms with van der Waals surface area (Å²) in [5.74, 6) is 0.0912. The van der Waals surface area contributed by atoms with E-state index < -0.39 is 16.9 Å². The summed E-state index contributed by atoms with van der Waals surface area (Å²) < 4.78 is 18.8. The Bertz CT molecular complexity index is 1950. The second-order valence-corrected chi connectivity index (χ2v) is 11.1. The van der Waals surface area contributed by atoms with Gasteiger partial charge in [-0.05, 0) is 48.2 Å². The lowest BCUT2D eigenvalue weighted by Crippen LogP contribution is -2.40. The number of carbonyl (C=O) groups is 1. The molecule has 0 unspecified atom stereocenters. The molecular formula is C32H28ClN3O7S. The molecule has 5 rings (SSSR count). The zero-order valence-corrected chi connectivity index (χ0v) is 25.7. The van der Waals surface area contributed by atoms with E-state index in [0.717, 1.165) is 5.56 Å². The zero-order chi connectivity index (χ0) is 31.4. The third kappa shape index (κ3) is 6.15. The predicted octanol–water partition coefficient (Wildman–Crippen LogP) is 5.34. The van der Waals surface area contributed by atoms with Crippen LogP contribution in [0.1, 0.15) is 43.0 Å². The maximum Gasteiger partial charge on any atom is 0.338 e. The lowest BCUT2D eigenvalue weighted by atomic mass is 9.95. The smallest absolute Gasteiger partial charge is 0.338 e. The van der Waals surface area contributed by atoms with Crippen LogP contribution in [0.4, 0.5) is 5.69 Å². The molecule has 1 aliphatic heterocycles. The maximum absolute atomic E-state index is 13.9. The summed E-state index contributed by atoms with van der Waals surface area (Å²) in [6.07, 6.45) is 2.17.